The first-order chi connectivity index (χ1) is 34.9. The van der Waals surface area contributed by atoms with Gasteiger partial charge in [-0.25, -0.2) is 0 Å². The van der Waals surface area contributed by atoms with Gasteiger partial charge in [0.1, 0.15) is 0 Å². The Kier molecular flexibility index (Phi) is 10.6. The number of benzene rings is 9. The molecule has 0 radical (unpaired) electrons. The minimum absolute atomic E-state index is 0.00162. The van der Waals surface area contributed by atoms with E-state index in [1.165, 1.54) is 105 Å². The van der Waals surface area contributed by atoms with Crippen molar-refractivity contribution in [2.75, 3.05) is 4.90 Å². The fourth-order valence-corrected chi connectivity index (χ4v) is 12.5. The quantitative estimate of drug-likeness (QED) is 0.114. The summed E-state index contributed by atoms with van der Waals surface area (Å²) >= 11 is 0. The lowest BCUT2D eigenvalue weighted by Crippen LogP contribution is -2.61. The third-order valence-electron chi connectivity index (χ3n) is 17.0. The van der Waals surface area contributed by atoms with Gasteiger partial charge in [-0.1, -0.05) is 220 Å². The molecule has 12 rings (SSSR count). The van der Waals surface area contributed by atoms with Crippen LogP contribution in [-0.2, 0) is 27.1 Å². The Balaban J connectivity index is 1.19. The monoisotopic (exact) mass is 947 g/mol. The third-order valence-corrected chi connectivity index (χ3v) is 17.0. The zero-order valence-electron chi connectivity index (χ0n) is 44.6. The van der Waals surface area contributed by atoms with Crippen molar-refractivity contribution in [1.82, 2.24) is 4.57 Å². The molecule has 2 aliphatic rings. The van der Waals surface area contributed by atoms with Crippen LogP contribution in [0.15, 0.2) is 206 Å². The van der Waals surface area contributed by atoms with Crippen LogP contribution in [0.3, 0.4) is 0 Å². The molecule has 0 saturated carbocycles. The maximum Gasteiger partial charge on any atom is 0.252 e. The zero-order valence-corrected chi connectivity index (χ0v) is 44.6. The first-order valence-corrected chi connectivity index (χ1v) is 26.5. The average molecular weight is 947 g/mol. The Hall–Kier alpha value is -7.36. The highest BCUT2D eigenvalue weighted by Crippen LogP contribution is 2.48. The molecule has 0 unspecified atom stereocenters. The van der Waals surface area contributed by atoms with Gasteiger partial charge in [0, 0.05) is 49.9 Å². The van der Waals surface area contributed by atoms with Gasteiger partial charge < -0.3 is 9.47 Å². The van der Waals surface area contributed by atoms with Crippen LogP contribution in [0.25, 0.3) is 27.5 Å². The van der Waals surface area contributed by atoms with Crippen LogP contribution >= 0.6 is 0 Å². The Bertz CT molecular complexity index is 3650. The van der Waals surface area contributed by atoms with E-state index in [0.717, 1.165) is 5.69 Å². The maximum atomic E-state index is 2.66. The third kappa shape index (κ3) is 7.28. The van der Waals surface area contributed by atoms with Crippen LogP contribution in [0, 0.1) is 0 Å². The second-order valence-electron chi connectivity index (χ2n) is 24.5. The minimum Gasteiger partial charge on any atom is -0.311 e. The molecule has 0 atom stereocenters. The van der Waals surface area contributed by atoms with Crippen molar-refractivity contribution < 1.29 is 0 Å². The van der Waals surface area contributed by atoms with E-state index in [4.69, 9.17) is 0 Å². The lowest BCUT2D eigenvalue weighted by molar-refractivity contribution is 0.590. The number of anilines is 3. The van der Waals surface area contributed by atoms with Gasteiger partial charge in [0.15, 0.2) is 0 Å². The fourth-order valence-electron chi connectivity index (χ4n) is 12.5. The molecule has 0 amide bonds. The minimum atomic E-state index is -0.432. The number of hydrogen-bond acceptors (Lipinski definition) is 1. The van der Waals surface area contributed by atoms with Gasteiger partial charge in [-0.15, -0.1) is 0 Å². The van der Waals surface area contributed by atoms with Crippen LogP contribution in [-0.4, -0.2) is 11.3 Å². The molecule has 0 aliphatic carbocycles. The molecule has 2 nitrogen and oxygen atoms in total. The Labute approximate surface area is 434 Å². The molecule has 0 fully saturated rings. The van der Waals surface area contributed by atoms with Gasteiger partial charge in [-0.3, -0.25) is 0 Å². The van der Waals surface area contributed by atoms with Crippen LogP contribution in [0.2, 0.25) is 0 Å². The van der Waals surface area contributed by atoms with Crippen molar-refractivity contribution in [1.29, 1.82) is 0 Å². The average Bonchev–Trinajstić information content (AvgIpc) is 3.74. The molecule has 3 heteroatoms. The predicted octanol–water partition coefficient (Wildman–Crippen LogP) is 16.0. The number of nitrogens with zero attached hydrogens (tertiary/aromatic N) is 2. The first-order valence-electron chi connectivity index (χ1n) is 26.5. The number of fused-ring (bicyclic) bond motifs is 7. The van der Waals surface area contributed by atoms with Crippen molar-refractivity contribution >= 4 is 62.0 Å². The van der Waals surface area contributed by atoms with E-state index < -0.39 is 5.41 Å². The largest absolute Gasteiger partial charge is 0.311 e. The molecule has 73 heavy (non-hydrogen) atoms. The van der Waals surface area contributed by atoms with E-state index in [0.29, 0.717) is 0 Å². The van der Waals surface area contributed by atoms with Crippen molar-refractivity contribution in [3.63, 3.8) is 0 Å². The molecular weight excluding hydrogens is 880 g/mol. The highest BCUT2D eigenvalue weighted by Gasteiger charge is 2.45. The highest BCUT2D eigenvalue weighted by atomic mass is 15.2. The molecular formula is C70H67BN2. The summed E-state index contributed by atoms with van der Waals surface area (Å²) in [5.41, 5.74) is 22.2. The molecule has 360 valence electrons. The second-order valence-corrected chi connectivity index (χ2v) is 24.5. The van der Waals surface area contributed by atoms with Crippen LogP contribution < -0.4 is 21.3 Å². The summed E-state index contributed by atoms with van der Waals surface area (Å²) in [6.07, 6.45) is 0. The number of aromatic nitrogens is 1. The van der Waals surface area contributed by atoms with Gasteiger partial charge >= 0.3 is 0 Å². The molecule has 0 saturated heterocycles. The molecule has 10 aromatic rings. The predicted molar refractivity (Wildman–Crippen MR) is 313 cm³/mol. The maximum absolute atomic E-state index is 2.66. The normalized spacial score (nSPS) is 13.6. The van der Waals surface area contributed by atoms with E-state index in [1.54, 1.807) is 0 Å². The summed E-state index contributed by atoms with van der Waals surface area (Å²) in [7, 11) is 0. The molecule has 1 aromatic heterocycles. The van der Waals surface area contributed by atoms with E-state index in [9.17, 15) is 0 Å². The molecule has 3 heterocycles. The van der Waals surface area contributed by atoms with Crippen LogP contribution in [0.5, 0.6) is 0 Å². The Morgan fingerprint density at radius 2 is 0.726 bits per heavy atom. The van der Waals surface area contributed by atoms with Crippen molar-refractivity contribution in [2.45, 2.75) is 103 Å². The van der Waals surface area contributed by atoms with Crippen LogP contribution in [0.4, 0.5) is 17.1 Å². The van der Waals surface area contributed by atoms with Gasteiger partial charge in [-0.05, 0) is 145 Å². The Morgan fingerprint density at radius 1 is 0.315 bits per heavy atom. The van der Waals surface area contributed by atoms with Gasteiger partial charge in [-0.2, -0.15) is 0 Å². The smallest absolute Gasteiger partial charge is 0.252 e. The fraction of sp³-hybridized carbons (Fsp3) is 0.229. The zero-order chi connectivity index (χ0) is 50.8. The van der Waals surface area contributed by atoms with Crippen LogP contribution in [0.1, 0.15) is 126 Å². The summed E-state index contributed by atoms with van der Waals surface area (Å²) in [4.78, 5) is 2.61. The second kappa shape index (κ2) is 16.6. The Morgan fingerprint density at radius 3 is 1.23 bits per heavy atom. The summed E-state index contributed by atoms with van der Waals surface area (Å²) in [6, 6.07) is 78.8. The molecule has 0 spiro atoms. The molecule has 0 bridgehead atoms. The topological polar surface area (TPSA) is 8.17 Å². The van der Waals surface area contributed by atoms with Gasteiger partial charge in [0.2, 0.25) is 0 Å². The van der Waals surface area contributed by atoms with Gasteiger partial charge in [0.05, 0.1) is 5.52 Å². The summed E-state index contributed by atoms with van der Waals surface area (Å²) in [6.45, 7) is 26.0. The van der Waals surface area contributed by atoms with Crippen molar-refractivity contribution in [2.24, 2.45) is 0 Å². The number of rotatable bonds is 7. The van der Waals surface area contributed by atoms with Crippen molar-refractivity contribution in [3.05, 3.63) is 256 Å². The van der Waals surface area contributed by atoms with Crippen molar-refractivity contribution in [3.8, 4) is 5.69 Å². The summed E-state index contributed by atoms with van der Waals surface area (Å²) in [5, 5.41) is 2.66. The summed E-state index contributed by atoms with van der Waals surface area (Å²) in [5.74, 6) is 0. The van der Waals surface area contributed by atoms with E-state index >= 15 is 0 Å². The number of hydrogen-bond donors (Lipinski definition) is 0. The molecule has 2 aliphatic heterocycles. The lowest BCUT2D eigenvalue weighted by Gasteiger charge is -2.43. The van der Waals surface area contributed by atoms with E-state index in [1.807, 2.05) is 0 Å². The first kappa shape index (κ1) is 46.7. The SMILES string of the molecule is CC(C)(C)c1cc2c3c(c1)-n1c4ccc(C(C)(C)C)cc4c4cc(C(C)(C)C)cc(c41)B3c1cc(C(C)(c3ccccc3)c3ccccc3)ccc1N2c1ccc(C(C)(c2ccccc2)c2ccccc2)cc1. The van der Waals surface area contributed by atoms with E-state index in [2.05, 4.69) is 292 Å². The standard InChI is InChI=1S/C70H67BN2/c1-66(2,3)51-34-38-60-56(40-51)57-41-53(67(4,5)6)43-59-65(57)73(60)63-45-54(68(7,8)9)44-62-64(63)71(59)58-42-52(70(11,48-28-20-14-21-29-48)49-30-22-15-23-31-49)35-39-61(58)72(62)55-36-32-50(33-37-55)69(10,46-24-16-12-17-25-46)47-26-18-13-19-27-47/h12-45H,1-11H3. The molecule has 0 N–H and O–H groups in total. The van der Waals surface area contributed by atoms with Gasteiger partial charge in [0.25, 0.3) is 6.71 Å². The highest BCUT2D eigenvalue weighted by molar-refractivity contribution is 7.00. The molecule has 9 aromatic carbocycles. The summed E-state index contributed by atoms with van der Waals surface area (Å²) < 4.78 is 2.66. The lowest BCUT2D eigenvalue weighted by atomic mass is 9.33. The van der Waals surface area contributed by atoms with E-state index in [-0.39, 0.29) is 28.4 Å².